The van der Waals surface area contributed by atoms with Gasteiger partial charge in [0.1, 0.15) is 32.3 Å². The Morgan fingerprint density at radius 2 is 1.92 bits per heavy atom. The summed E-state index contributed by atoms with van der Waals surface area (Å²) in [5, 5.41) is 29.6. The fourth-order valence-corrected chi connectivity index (χ4v) is 7.19. The summed E-state index contributed by atoms with van der Waals surface area (Å²) < 4.78 is 24.8. The number of aromatic nitrogens is 4. The van der Waals surface area contributed by atoms with Gasteiger partial charge in [-0.05, 0) is 51.5 Å². The summed E-state index contributed by atoms with van der Waals surface area (Å²) in [6, 6.07) is 2.05. The molecule has 0 aliphatic heterocycles. The van der Waals surface area contributed by atoms with E-state index in [-0.39, 0.29) is 18.2 Å². The summed E-state index contributed by atoms with van der Waals surface area (Å²) in [5.74, 6) is 0.750. The maximum Gasteiger partial charge on any atom is 0.225 e. The molecule has 0 amide bonds. The highest BCUT2D eigenvalue weighted by Crippen LogP contribution is 2.45. The van der Waals surface area contributed by atoms with Crippen molar-refractivity contribution in [3.05, 3.63) is 23.7 Å². The van der Waals surface area contributed by atoms with E-state index in [1.54, 1.807) is 0 Å². The summed E-state index contributed by atoms with van der Waals surface area (Å²) in [4.78, 5) is 19.0. The van der Waals surface area contributed by atoms with Crippen LogP contribution < -0.4 is 10.6 Å². The summed E-state index contributed by atoms with van der Waals surface area (Å²) in [6.45, 7) is 8.13. The van der Waals surface area contributed by atoms with Crippen molar-refractivity contribution < 1.29 is 18.6 Å². The molecule has 3 aromatic heterocycles. The van der Waals surface area contributed by atoms with E-state index in [1.165, 1.54) is 11.3 Å². The third-order valence-electron chi connectivity index (χ3n) is 7.64. The number of aliphatic hydroxyl groups excluding tert-OH is 1. The van der Waals surface area contributed by atoms with E-state index in [0.717, 1.165) is 35.0 Å². The zero-order chi connectivity index (χ0) is 27.4. The Kier molecular flexibility index (Phi) is 7.12. The molecule has 2 saturated carbocycles. The topological polar surface area (TPSA) is 150 Å². The predicted octanol–water partition coefficient (Wildman–Crippen LogP) is 3.71. The molecule has 0 aromatic carbocycles. The molecule has 2 fully saturated rings. The molecule has 2 aliphatic carbocycles. The van der Waals surface area contributed by atoms with Gasteiger partial charge in [-0.1, -0.05) is 13.8 Å². The first-order valence-electron chi connectivity index (χ1n) is 13.1. The number of nitrogens with zero attached hydrogens (tertiary/aromatic N) is 4. The van der Waals surface area contributed by atoms with Crippen LogP contribution in [0.5, 0.6) is 0 Å². The van der Waals surface area contributed by atoms with Crippen LogP contribution in [0, 0.1) is 18.8 Å². The number of sulfone groups is 1. The summed E-state index contributed by atoms with van der Waals surface area (Å²) in [6.07, 6.45) is 4.45. The van der Waals surface area contributed by atoms with Crippen LogP contribution in [0.1, 0.15) is 63.8 Å². The summed E-state index contributed by atoms with van der Waals surface area (Å²) in [7, 11) is -3.32. The summed E-state index contributed by atoms with van der Waals surface area (Å²) >= 11 is 1.51. The highest BCUT2D eigenvalue weighted by molar-refractivity contribution is 7.90. The van der Waals surface area contributed by atoms with E-state index in [9.17, 15) is 18.6 Å². The third-order valence-corrected chi connectivity index (χ3v) is 9.72. The lowest BCUT2D eigenvalue weighted by Crippen LogP contribution is -2.48. The highest BCUT2D eigenvalue weighted by Gasteiger charge is 2.48. The van der Waals surface area contributed by atoms with Crippen LogP contribution in [0.4, 0.5) is 11.8 Å². The van der Waals surface area contributed by atoms with Crippen molar-refractivity contribution in [2.45, 2.75) is 77.2 Å². The minimum Gasteiger partial charge on any atom is -0.388 e. The van der Waals surface area contributed by atoms with Crippen molar-refractivity contribution in [1.29, 1.82) is 0 Å². The zero-order valence-electron chi connectivity index (χ0n) is 22.4. The van der Waals surface area contributed by atoms with Gasteiger partial charge in [0.15, 0.2) is 5.72 Å². The lowest BCUT2D eigenvalue weighted by Gasteiger charge is -2.31. The smallest absolute Gasteiger partial charge is 0.225 e. The lowest BCUT2D eigenvalue weighted by atomic mass is 10.0. The van der Waals surface area contributed by atoms with Crippen molar-refractivity contribution in [3.8, 4) is 10.6 Å². The van der Waals surface area contributed by atoms with Gasteiger partial charge in [0.05, 0.1) is 27.4 Å². The van der Waals surface area contributed by atoms with E-state index in [4.69, 9.17) is 15.0 Å². The van der Waals surface area contributed by atoms with Crippen molar-refractivity contribution in [2.24, 2.45) is 11.8 Å². The van der Waals surface area contributed by atoms with E-state index in [2.05, 4.69) is 29.5 Å². The number of hydrogen-bond acceptors (Lipinski definition) is 11. The second-order valence-corrected chi connectivity index (χ2v) is 14.5. The van der Waals surface area contributed by atoms with Crippen LogP contribution in [0.3, 0.4) is 0 Å². The van der Waals surface area contributed by atoms with Gasteiger partial charge in [0.2, 0.25) is 5.95 Å². The minimum atomic E-state index is -3.32. The Labute approximate surface area is 227 Å². The molecule has 0 spiro atoms. The zero-order valence-corrected chi connectivity index (χ0v) is 24.0. The van der Waals surface area contributed by atoms with E-state index >= 15 is 0 Å². The molecule has 0 bridgehead atoms. The van der Waals surface area contributed by atoms with Gasteiger partial charge < -0.3 is 20.8 Å². The van der Waals surface area contributed by atoms with Crippen LogP contribution in [-0.4, -0.2) is 68.4 Å². The molecular formula is C26H36N6O4S2. The van der Waals surface area contributed by atoms with Gasteiger partial charge in [-0.2, -0.15) is 4.98 Å². The number of thiazole rings is 1. The Bertz CT molecular complexity index is 1460. The van der Waals surface area contributed by atoms with E-state index in [1.807, 2.05) is 26.1 Å². The van der Waals surface area contributed by atoms with Crippen LogP contribution in [0.2, 0.25) is 0 Å². The molecule has 3 heterocycles. The van der Waals surface area contributed by atoms with Gasteiger partial charge in [-0.25, -0.2) is 18.4 Å². The SMILES string of the molecule is Cc1nc(NC(C)C(C)C)nc(NC2(O)CCC(CS(C)(=O)=O)C2O)c1-c1nc2c(C3CC3)nccc2s1. The first-order valence-corrected chi connectivity index (χ1v) is 16.0. The molecule has 38 heavy (non-hydrogen) atoms. The Balaban J connectivity index is 1.57. The highest BCUT2D eigenvalue weighted by atomic mass is 32.2. The quantitative estimate of drug-likeness (QED) is 0.285. The average molecular weight is 561 g/mol. The maximum atomic E-state index is 11.9. The number of fused-ring (bicyclic) bond motifs is 1. The second kappa shape index (κ2) is 9.96. The Morgan fingerprint density at radius 1 is 1.18 bits per heavy atom. The van der Waals surface area contributed by atoms with E-state index in [0.29, 0.717) is 46.3 Å². The van der Waals surface area contributed by atoms with Gasteiger partial charge >= 0.3 is 0 Å². The average Bonchev–Trinajstić information content (AvgIpc) is 3.52. The largest absolute Gasteiger partial charge is 0.388 e. The Hall–Kier alpha value is -2.41. The number of aliphatic hydroxyl groups is 2. The lowest BCUT2D eigenvalue weighted by molar-refractivity contribution is -0.0442. The molecule has 4 unspecified atom stereocenters. The molecule has 3 aromatic rings. The minimum absolute atomic E-state index is 0.0991. The number of rotatable bonds is 9. The fourth-order valence-electron chi connectivity index (χ4n) is 5.00. The van der Waals surface area contributed by atoms with Crippen molar-refractivity contribution >= 4 is 43.2 Å². The molecule has 206 valence electrons. The third kappa shape index (κ3) is 5.49. The molecular weight excluding hydrogens is 524 g/mol. The molecule has 2 aliphatic rings. The van der Waals surface area contributed by atoms with Crippen molar-refractivity contribution in [1.82, 2.24) is 19.9 Å². The number of pyridine rings is 1. The van der Waals surface area contributed by atoms with Gasteiger partial charge in [0.25, 0.3) is 0 Å². The van der Waals surface area contributed by atoms with Crippen molar-refractivity contribution in [2.75, 3.05) is 22.6 Å². The molecule has 0 radical (unpaired) electrons. The maximum absolute atomic E-state index is 11.9. The number of anilines is 2. The van der Waals surface area contributed by atoms with Crippen LogP contribution >= 0.6 is 11.3 Å². The van der Waals surface area contributed by atoms with Gasteiger partial charge in [0, 0.05) is 30.3 Å². The molecule has 5 rings (SSSR count). The van der Waals surface area contributed by atoms with Crippen LogP contribution in [-0.2, 0) is 9.84 Å². The molecule has 4 N–H and O–H groups in total. The molecule has 4 atom stereocenters. The van der Waals surface area contributed by atoms with Crippen molar-refractivity contribution in [3.63, 3.8) is 0 Å². The van der Waals surface area contributed by atoms with Gasteiger partial charge in [-0.3, -0.25) is 4.98 Å². The second-order valence-electron chi connectivity index (χ2n) is 11.3. The van der Waals surface area contributed by atoms with Crippen LogP contribution in [0.25, 0.3) is 20.8 Å². The number of hydrogen-bond donors (Lipinski definition) is 4. The first-order chi connectivity index (χ1) is 17.8. The molecule has 12 heteroatoms. The molecule has 0 saturated heterocycles. The normalized spacial score (nSPS) is 24.7. The van der Waals surface area contributed by atoms with Crippen LogP contribution in [0.15, 0.2) is 12.3 Å². The monoisotopic (exact) mass is 560 g/mol. The van der Waals surface area contributed by atoms with E-state index < -0.39 is 27.6 Å². The Morgan fingerprint density at radius 3 is 2.58 bits per heavy atom. The molecule has 10 nitrogen and oxygen atoms in total. The standard InChI is InChI=1S/C26H36N6O4S2/c1-13(2)14(3)28-25-29-15(4)19(24-30-21-18(37-24)9-11-27-20(21)16-6-7-16)23(31-25)32-26(34)10-8-17(22(26)33)12-38(5,35)36/h9,11,13-14,16-17,22,33-34H,6-8,10,12H2,1-5H3,(H2,28,29,31,32). The predicted molar refractivity (Wildman–Crippen MR) is 150 cm³/mol. The fraction of sp³-hybridized carbons (Fsp3) is 0.615. The van der Waals surface area contributed by atoms with Gasteiger partial charge in [-0.15, -0.1) is 11.3 Å². The first kappa shape index (κ1) is 27.2. The number of aryl methyl sites for hydroxylation is 1. The number of nitrogens with one attached hydrogen (secondary N) is 2. The summed E-state index contributed by atoms with van der Waals surface area (Å²) in [5.41, 5.74) is 1.45.